The van der Waals surface area contributed by atoms with E-state index >= 15 is 0 Å². The third-order valence-electron chi connectivity index (χ3n) is 4.64. The Morgan fingerprint density at radius 1 is 1.21 bits per heavy atom. The van der Waals surface area contributed by atoms with E-state index in [9.17, 15) is 18.8 Å². The number of imidazole rings is 1. The number of hydrogen-bond acceptors (Lipinski definition) is 4. The van der Waals surface area contributed by atoms with Crippen molar-refractivity contribution in [3.8, 4) is 0 Å². The first-order valence-electron chi connectivity index (χ1n) is 9.00. The molecular weight excluding hydrogens is 365 g/mol. The van der Waals surface area contributed by atoms with Gasteiger partial charge in [0.25, 0.3) is 5.56 Å². The van der Waals surface area contributed by atoms with E-state index in [1.807, 2.05) is 6.07 Å². The average Bonchev–Trinajstić information content (AvgIpc) is 3.09. The molecule has 2 heterocycles. The first-order valence-corrected chi connectivity index (χ1v) is 9.00. The molecule has 8 nitrogen and oxygen atoms in total. The van der Waals surface area contributed by atoms with Gasteiger partial charge in [0.15, 0.2) is 11.2 Å². The molecule has 0 aliphatic heterocycles. The fraction of sp³-hybridized carbons (Fsp3) is 0.368. The van der Waals surface area contributed by atoms with Crippen molar-refractivity contribution in [2.45, 2.75) is 25.8 Å². The van der Waals surface area contributed by atoms with Crippen molar-refractivity contribution in [2.24, 2.45) is 14.1 Å². The molecule has 148 valence electrons. The summed E-state index contributed by atoms with van der Waals surface area (Å²) in [6.07, 6.45) is 2.87. The number of benzene rings is 1. The summed E-state index contributed by atoms with van der Waals surface area (Å²) >= 11 is 0. The lowest BCUT2D eigenvalue weighted by atomic mass is 10.1. The Labute approximate surface area is 160 Å². The number of rotatable bonds is 7. The van der Waals surface area contributed by atoms with Crippen molar-refractivity contribution in [2.75, 3.05) is 6.54 Å². The Balaban J connectivity index is 1.54. The van der Waals surface area contributed by atoms with Gasteiger partial charge in [-0.15, -0.1) is 0 Å². The van der Waals surface area contributed by atoms with Crippen molar-refractivity contribution in [1.29, 1.82) is 0 Å². The summed E-state index contributed by atoms with van der Waals surface area (Å²) in [6.45, 7) is 0.861. The zero-order valence-electron chi connectivity index (χ0n) is 15.8. The van der Waals surface area contributed by atoms with Crippen molar-refractivity contribution in [3.63, 3.8) is 0 Å². The third kappa shape index (κ3) is 4.03. The van der Waals surface area contributed by atoms with E-state index in [-0.39, 0.29) is 18.1 Å². The number of carbonyl (C=O) groups excluding carboxylic acids is 1. The van der Waals surface area contributed by atoms with Crippen LogP contribution in [0.15, 0.2) is 40.2 Å². The molecule has 0 saturated heterocycles. The predicted molar refractivity (Wildman–Crippen MR) is 103 cm³/mol. The van der Waals surface area contributed by atoms with E-state index in [2.05, 4.69) is 10.3 Å². The number of amides is 1. The number of carbonyl (C=O) groups is 1. The molecular formula is C19H22FN5O3. The smallest absolute Gasteiger partial charge is 0.332 e. The predicted octanol–water partition coefficient (Wildman–Crippen LogP) is 0.712. The van der Waals surface area contributed by atoms with Crippen molar-refractivity contribution in [3.05, 3.63) is 62.8 Å². The largest absolute Gasteiger partial charge is 0.356 e. The molecule has 0 saturated carbocycles. The highest BCUT2D eigenvalue weighted by molar-refractivity contribution is 5.75. The minimum absolute atomic E-state index is 0.110. The SMILES string of the molecule is Cn1c(=O)c2c(ncn2CCCC(=O)NCCc2cccc(F)c2)n(C)c1=O. The minimum Gasteiger partial charge on any atom is -0.356 e. The molecule has 0 radical (unpaired) electrons. The van der Waals surface area contributed by atoms with Crippen LogP contribution >= 0.6 is 0 Å². The van der Waals surface area contributed by atoms with Gasteiger partial charge in [-0.25, -0.2) is 14.2 Å². The quantitative estimate of drug-likeness (QED) is 0.647. The summed E-state index contributed by atoms with van der Waals surface area (Å²) in [7, 11) is 2.99. The number of aromatic nitrogens is 4. The van der Waals surface area contributed by atoms with Crippen LogP contribution in [0.4, 0.5) is 4.39 Å². The lowest BCUT2D eigenvalue weighted by Gasteiger charge is -2.08. The molecule has 0 fully saturated rings. The number of aryl methyl sites for hydroxylation is 2. The summed E-state index contributed by atoms with van der Waals surface area (Å²) in [6, 6.07) is 6.28. The molecule has 1 amide bonds. The number of nitrogens with zero attached hydrogens (tertiary/aromatic N) is 4. The molecule has 0 atom stereocenters. The summed E-state index contributed by atoms with van der Waals surface area (Å²) < 4.78 is 17.2. The van der Waals surface area contributed by atoms with Gasteiger partial charge < -0.3 is 9.88 Å². The molecule has 3 aromatic rings. The topological polar surface area (TPSA) is 90.9 Å². The molecule has 0 aliphatic carbocycles. The lowest BCUT2D eigenvalue weighted by molar-refractivity contribution is -0.121. The minimum atomic E-state index is -0.430. The summed E-state index contributed by atoms with van der Waals surface area (Å²) in [4.78, 5) is 40.4. The number of halogens is 1. The van der Waals surface area contributed by atoms with E-state index in [0.717, 1.165) is 10.1 Å². The Hall–Kier alpha value is -3.23. The maximum atomic E-state index is 13.1. The second-order valence-electron chi connectivity index (χ2n) is 6.65. The third-order valence-corrected chi connectivity index (χ3v) is 4.64. The Morgan fingerprint density at radius 2 is 2.00 bits per heavy atom. The molecule has 0 bridgehead atoms. The van der Waals surface area contributed by atoms with Crippen LogP contribution in [0.2, 0.25) is 0 Å². The first kappa shape index (κ1) is 19.5. The average molecular weight is 387 g/mol. The van der Waals surface area contributed by atoms with Gasteiger partial charge in [-0.1, -0.05) is 12.1 Å². The van der Waals surface area contributed by atoms with E-state index < -0.39 is 11.2 Å². The molecule has 0 spiro atoms. The summed E-state index contributed by atoms with van der Waals surface area (Å²) in [5, 5.41) is 2.81. The highest BCUT2D eigenvalue weighted by Gasteiger charge is 2.14. The number of fused-ring (bicyclic) bond motifs is 1. The van der Waals surface area contributed by atoms with Gasteiger partial charge in [0.2, 0.25) is 5.91 Å². The van der Waals surface area contributed by atoms with E-state index in [0.29, 0.717) is 37.1 Å². The first-order chi connectivity index (χ1) is 13.4. The van der Waals surface area contributed by atoms with E-state index in [4.69, 9.17) is 0 Å². The van der Waals surface area contributed by atoms with Crippen molar-refractivity contribution >= 4 is 17.1 Å². The van der Waals surface area contributed by atoms with Gasteiger partial charge in [-0.2, -0.15) is 0 Å². The fourth-order valence-corrected chi connectivity index (χ4v) is 3.10. The van der Waals surface area contributed by atoms with E-state index in [1.165, 1.54) is 30.1 Å². The second-order valence-corrected chi connectivity index (χ2v) is 6.65. The molecule has 28 heavy (non-hydrogen) atoms. The van der Waals surface area contributed by atoms with Crippen LogP contribution in [0, 0.1) is 5.82 Å². The molecule has 0 unspecified atom stereocenters. The zero-order chi connectivity index (χ0) is 20.3. The Morgan fingerprint density at radius 3 is 2.75 bits per heavy atom. The van der Waals surface area contributed by atoms with Crippen LogP contribution in [0.5, 0.6) is 0 Å². The van der Waals surface area contributed by atoms with Gasteiger partial charge in [0, 0.05) is 33.6 Å². The second kappa shape index (κ2) is 8.20. The van der Waals surface area contributed by atoms with Crippen LogP contribution in [0.1, 0.15) is 18.4 Å². The zero-order valence-corrected chi connectivity index (χ0v) is 15.8. The van der Waals surface area contributed by atoms with Crippen LogP contribution in [-0.2, 0) is 31.9 Å². The maximum absolute atomic E-state index is 13.1. The van der Waals surface area contributed by atoms with Crippen LogP contribution in [0.25, 0.3) is 11.2 Å². The fourth-order valence-electron chi connectivity index (χ4n) is 3.10. The molecule has 9 heteroatoms. The van der Waals surface area contributed by atoms with Gasteiger partial charge in [0.1, 0.15) is 5.82 Å². The standard InChI is InChI=1S/C19H22FN5O3/c1-23-17-16(18(27)24(2)19(23)28)25(12-22-17)10-4-7-15(26)21-9-8-13-5-3-6-14(20)11-13/h3,5-6,11-12H,4,7-10H2,1-2H3,(H,21,26). The van der Waals surface area contributed by atoms with Gasteiger partial charge in [-0.05, 0) is 30.5 Å². The van der Waals surface area contributed by atoms with Crippen molar-refractivity contribution < 1.29 is 9.18 Å². The lowest BCUT2D eigenvalue weighted by Crippen LogP contribution is -2.37. The van der Waals surface area contributed by atoms with Crippen LogP contribution in [-0.4, -0.2) is 31.1 Å². The molecule has 1 aromatic carbocycles. The van der Waals surface area contributed by atoms with Gasteiger partial charge in [0.05, 0.1) is 6.33 Å². The molecule has 1 N–H and O–H groups in total. The van der Waals surface area contributed by atoms with Crippen LogP contribution in [0.3, 0.4) is 0 Å². The molecule has 2 aromatic heterocycles. The summed E-state index contributed by atoms with van der Waals surface area (Å²) in [5.41, 5.74) is 0.658. The number of nitrogens with one attached hydrogen (secondary N) is 1. The molecule has 0 aliphatic rings. The normalized spacial score (nSPS) is 11.1. The van der Waals surface area contributed by atoms with Gasteiger partial charge in [-0.3, -0.25) is 18.7 Å². The Bertz CT molecular complexity index is 1130. The highest BCUT2D eigenvalue weighted by atomic mass is 19.1. The van der Waals surface area contributed by atoms with Gasteiger partial charge >= 0.3 is 5.69 Å². The van der Waals surface area contributed by atoms with E-state index in [1.54, 1.807) is 17.7 Å². The monoisotopic (exact) mass is 387 g/mol. The maximum Gasteiger partial charge on any atom is 0.332 e. The van der Waals surface area contributed by atoms with Crippen molar-refractivity contribution in [1.82, 2.24) is 24.0 Å². The summed E-state index contributed by atoms with van der Waals surface area (Å²) in [5.74, 6) is -0.402. The Kier molecular flexibility index (Phi) is 5.72. The molecule has 3 rings (SSSR count). The number of hydrogen-bond donors (Lipinski definition) is 1. The van der Waals surface area contributed by atoms with Crippen LogP contribution < -0.4 is 16.6 Å². The highest BCUT2D eigenvalue weighted by Crippen LogP contribution is 2.07.